The molecule has 2 aromatic rings. The van der Waals surface area contributed by atoms with Crippen molar-refractivity contribution in [1.29, 1.82) is 0 Å². The van der Waals surface area contributed by atoms with E-state index in [9.17, 15) is 0 Å². The highest BCUT2D eigenvalue weighted by atomic mass is 16.5. The lowest BCUT2D eigenvalue weighted by atomic mass is 9.94. The van der Waals surface area contributed by atoms with Gasteiger partial charge in [0.15, 0.2) is 0 Å². The average molecular weight is 283 g/mol. The van der Waals surface area contributed by atoms with Gasteiger partial charge in [0.05, 0.1) is 26.4 Å². The highest BCUT2D eigenvalue weighted by Gasteiger charge is 2.16. The molecular formula is C18H21NO2. The number of ether oxygens (including phenoxy) is 2. The lowest BCUT2D eigenvalue weighted by Crippen LogP contribution is -2.13. The number of rotatable bonds is 3. The maximum absolute atomic E-state index is 6.46. The Hall–Kier alpha value is -1.84. The minimum atomic E-state index is -0.126. The van der Waals surface area contributed by atoms with Gasteiger partial charge in [-0.25, -0.2) is 0 Å². The van der Waals surface area contributed by atoms with Crippen molar-refractivity contribution in [3.8, 4) is 5.75 Å². The van der Waals surface area contributed by atoms with Gasteiger partial charge in [0.1, 0.15) is 5.75 Å². The van der Waals surface area contributed by atoms with Crippen LogP contribution < -0.4 is 10.5 Å². The number of nitrogens with two attached hydrogens (primary N) is 1. The monoisotopic (exact) mass is 283 g/mol. The van der Waals surface area contributed by atoms with Crippen molar-refractivity contribution in [3.63, 3.8) is 0 Å². The Morgan fingerprint density at radius 2 is 1.67 bits per heavy atom. The molecule has 0 saturated carbocycles. The van der Waals surface area contributed by atoms with Gasteiger partial charge in [-0.05, 0) is 47.2 Å². The molecule has 3 rings (SSSR count). The number of methoxy groups -OCH3 is 1. The van der Waals surface area contributed by atoms with Crippen LogP contribution in [0, 0.1) is 13.8 Å². The van der Waals surface area contributed by atoms with E-state index in [4.69, 9.17) is 15.2 Å². The Balaban J connectivity index is 1.97. The molecule has 0 fully saturated rings. The summed E-state index contributed by atoms with van der Waals surface area (Å²) in [6.45, 7) is 5.51. The van der Waals surface area contributed by atoms with Gasteiger partial charge in [-0.15, -0.1) is 0 Å². The van der Waals surface area contributed by atoms with Gasteiger partial charge >= 0.3 is 0 Å². The van der Waals surface area contributed by atoms with Crippen LogP contribution in [0.5, 0.6) is 5.75 Å². The Morgan fingerprint density at radius 3 is 2.33 bits per heavy atom. The van der Waals surface area contributed by atoms with Crippen molar-refractivity contribution in [1.82, 2.24) is 0 Å². The van der Waals surface area contributed by atoms with Crippen LogP contribution in [0.3, 0.4) is 0 Å². The molecule has 3 nitrogen and oxygen atoms in total. The summed E-state index contributed by atoms with van der Waals surface area (Å²) in [5.41, 5.74) is 13.5. The van der Waals surface area contributed by atoms with Crippen molar-refractivity contribution in [2.75, 3.05) is 7.11 Å². The molecule has 2 N–H and O–H groups in total. The molecule has 0 saturated heterocycles. The molecule has 3 heteroatoms. The normalized spacial score (nSPS) is 14.9. The lowest BCUT2D eigenvalue weighted by molar-refractivity contribution is 0.134. The number of hydrogen-bond donors (Lipinski definition) is 1. The Labute approximate surface area is 125 Å². The van der Waals surface area contributed by atoms with E-state index >= 15 is 0 Å². The second-order valence-corrected chi connectivity index (χ2v) is 5.69. The molecule has 2 aromatic carbocycles. The number of benzene rings is 2. The number of fused-ring (bicyclic) bond motifs is 1. The molecule has 0 aliphatic carbocycles. The Bertz CT molecular complexity index is 656. The van der Waals surface area contributed by atoms with Gasteiger partial charge in [0.25, 0.3) is 0 Å². The van der Waals surface area contributed by atoms with Crippen LogP contribution in [0.2, 0.25) is 0 Å². The summed E-state index contributed by atoms with van der Waals surface area (Å²) in [5.74, 6) is 0.938. The minimum Gasteiger partial charge on any atom is -0.496 e. The molecule has 0 amide bonds. The van der Waals surface area contributed by atoms with E-state index in [1.165, 1.54) is 11.1 Å². The molecule has 1 atom stereocenters. The summed E-state index contributed by atoms with van der Waals surface area (Å²) in [5, 5.41) is 0. The standard InChI is InChI=1S/C18H21NO2/c1-11-6-15(7-12(2)18(11)20-3)17(19)13-4-5-14-9-21-10-16(14)8-13/h4-8,17H,9-10,19H2,1-3H3. The molecule has 0 bridgehead atoms. The van der Waals surface area contributed by atoms with Gasteiger partial charge in [0.2, 0.25) is 0 Å². The average Bonchev–Trinajstić information content (AvgIpc) is 2.93. The molecule has 0 radical (unpaired) electrons. The van der Waals surface area contributed by atoms with E-state index in [0.717, 1.165) is 28.0 Å². The summed E-state index contributed by atoms with van der Waals surface area (Å²) >= 11 is 0. The summed E-state index contributed by atoms with van der Waals surface area (Å²) in [6, 6.07) is 10.5. The zero-order valence-corrected chi connectivity index (χ0v) is 12.8. The Kier molecular flexibility index (Phi) is 3.70. The fraction of sp³-hybridized carbons (Fsp3) is 0.333. The van der Waals surface area contributed by atoms with Gasteiger partial charge in [0, 0.05) is 0 Å². The van der Waals surface area contributed by atoms with E-state index in [1.54, 1.807) is 7.11 Å². The maximum Gasteiger partial charge on any atom is 0.124 e. The highest BCUT2D eigenvalue weighted by Crippen LogP contribution is 2.30. The molecule has 1 unspecified atom stereocenters. The Morgan fingerprint density at radius 1 is 1.00 bits per heavy atom. The van der Waals surface area contributed by atoms with Crippen molar-refractivity contribution in [2.45, 2.75) is 33.1 Å². The first kappa shape index (κ1) is 14.1. The van der Waals surface area contributed by atoms with Crippen LogP contribution in [0.1, 0.15) is 39.4 Å². The first-order valence-corrected chi connectivity index (χ1v) is 7.20. The van der Waals surface area contributed by atoms with E-state index in [0.29, 0.717) is 13.2 Å². The van der Waals surface area contributed by atoms with Crippen molar-refractivity contribution in [2.24, 2.45) is 5.73 Å². The predicted molar refractivity (Wildman–Crippen MR) is 83.4 cm³/mol. The van der Waals surface area contributed by atoms with E-state index in [2.05, 4.69) is 44.2 Å². The zero-order valence-electron chi connectivity index (χ0n) is 12.8. The van der Waals surface area contributed by atoms with Gasteiger partial charge in [-0.3, -0.25) is 0 Å². The van der Waals surface area contributed by atoms with Crippen molar-refractivity contribution >= 4 is 0 Å². The topological polar surface area (TPSA) is 44.5 Å². The zero-order chi connectivity index (χ0) is 15.0. The number of hydrogen-bond acceptors (Lipinski definition) is 3. The van der Waals surface area contributed by atoms with Gasteiger partial charge < -0.3 is 15.2 Å². The molecule has 110 valence electrons. The van der Waals surface area contributed by atoms with Crippen molar-refractivity contribution < 1.29 is 9.47 Å². The first-order chi connectivity index (χ1) is 10.1. The van der Waals surface area contributed by atoms with Crippen LogP contribution in [-0.4, -0.2) is 7.11 Å². The third-order valence-corrected chi connectivity index (χ3v) is 4.15. The van der Waals surface area contributed by atoms with Crippen LogP contribution in [0.4, 0.5) is 0 Å². The maximum atomic E-state index is 6.46. The van der Waals surface area contributed by atoms with Crippen LogP contribution in [0.25, 0.3) is 0 Å². The number of aryl methyl sites for hydroxylation is 2. The van der Waals surface area contributed by atoms with Crippen LogP contribution in [-0.2, 0) is 18.0 Å². The minimum absolute atomic E-state index is 0.126. The lowest BCUT2D eigenvalue weighted by Gasteiger charge is -2.17. The molecular weight excluding hydrogens is 262 g/mol. The molecule has 1 heterocycles. The van der Waals surface area contributed by atoms with Gasteiger partial charge in [-0.2, -0.15) is 0 Å². The molecule has 21 heavy (non-hydrogen) atoms. The fourth-order valence-corrected chi connectivity index (χ4v) is 3.06. The van der Waals surface area contributed by atoms with Crippen LogP contribution in [0.15, 0.2) is 30.3 Å². The smallest absolute Gasteiger partial charge is 0.124 e. The molecule has 0 aromatic heterocycles. The molecule has 1 aliphatic heterocycles. The van der Waals surface area contributed by atoms with Gasteiger partial charge in [-0.1, -0.05) is 30.3 Å². The third-order valence-electron chi connectivity index (χ3n) is 4.15. The summed E-state index contributed by atoms with van der Waals surface area (Å²) in [6.07, 6.45) is 0. The highest BCUT2D eigenvalue weighted by molar-refractivity contribution is 5.47. The fourth-order valence-electron chi connectivity index (χ4n) is 3.06. The van der Waals surface area contributed by atoms with E-state index in [-0.39, 0.29) is 6.04 Å². The van der Waals surface area contributed by atoms with Crippen molar-refractivity contribution in [3.05, 3.63) is 63.7 Å². The predicted octanol–water partition coefficient (Wildman–Crippen LogP) is 3.39. The quantitative estimate of drug-likeness (QED) is 0.939. The van der Waals surface area contributed by atoms with Crippen LogP contribution >= 0.6 is 0 Å². The summed E-state index contributed by atoms with van der Waals surface area (Å²) in [4.78, 5) is 0. The summed E-state index contributed by atoms with van der Waals surface area (Å²) in [7, 11) is 1.70. The second-order valence-electron chi connectivity index (χ2n) is 5.69. The molecule has 0 spiro atoms. The second kappa shape index (κ2) is 5.51. The van der Waals surface area contributed by atoms with E-state index < -0.39 is 0 Å². The van der Waals surface area contributed by atoms with E-state index in [1.807, 2.05) is 0 Å². The largest absolute Gasteiger partial charge is 0.496 e. The third kappa shape index (κ3) is 2.55. The summed E-state index contributed by atoms with van der Waals surface area (Å²) < 4.78 is 10.9. The first-order valence-electron chi connectivity index (χ1n) is 7.20. The SMILES string of the molecule is COc1c(C)cc(C(N)c2ccc3c(c2)COC3)cc1C. The molecule has 1 aliphatic rings.